The third-order valence-electron chi connectivity index (χ3n) is 4.12. The molecule has 1 saturated heterocycles. The Balaban J connectivity index is 2.25. The predicted octanol–water partition coefficient (Wildman–Crippen LogP) is 3.19. The number of rotatable bonds is 2. The molecular weight excluding hydrogens is 328 g/mol. The van der Waals surface area contributed by atoms with Gasteiger partial charge in [0.05, 0.1) is 5.56 Å². The van der Waals surface area contributed by atoms with Crippen molar-refractivity contribution in [1.82, 2.24) is 5.32 Å². The molecule has 0 spiro atoms. The summed E-state index contributed by atoms with van der Waals surface area (Å²) in [4.78, 5) is 24.3. The van der Waals surface area contributed by atoms with Gasteiger partial charge in [0.1, 0.15) is 11.7 Å². The van der Waals surface area contributed by atoms with Crippen molar-refractivity contribution in [2.24, 2.45) is 17.3 Å². The Kier molecular flexibility index (Phi) is 4.61. The molecule has 1 aliphatic heterocycles. The van der Waals surface area contributed by atoms with Crippen LogP contribution in [0.2, 0.25) is 0 Å². The van der Waals surface area contributed by atoms with E-state index in [1.165, 1.54) is 0 Å². The molecule has 24 heavy (non-hydrogen) atoms. The van der Waals surface area contributed by atoms with E-state index in [1.54, 1.807) is 0 Å². The fraction of sp³-hybridized carbons (Fsp3) is 0.500. The number of amides is 2. The highest BCUT2D eigenvalue weighted by atomic mass is 19.4. The Morgan fingerprint density at radius 1 is 1.25 bits per heavy atom. The van der Waals surface area contributed by atoms with Crippen LogP contribution in [0.5, 0.6) is 0 Å². The van der Waals surface area contributed by atoms with Gasteiger partial charge in [-0.25, -0.2) is 4.39 Å². The molecule has 132 valence electrons. The van der Waals surface area contributed by atoms with Gasteiger partial charge in [0.25, 0.3) is 0 Å². The minimum atomic E-state index is -4.87. The predicted molar refractivity (Wildman–Crippen MR) is 79.5 cm³/mol. The van der Waals surface area contributed by atoms with Crippen molar-refractivity contribution in [2.45, 2.75) is 26.9 Å². The number of carbonyl (C=O) groups excluding carboxylic acids is 2. The molecule has 1 aliphatic rings. The van der Waals surface area contributed by atoms with Crippen LogP contribution in [-0.4, -0.2) is 18.4 Å². The molecule has 0 saturated carbocycles. The second-order valence-corrected chi connectivity index (χ2v) is 6.88. The number of anilines is 1. The van der Waals surface area contributed by atoms with Crippen LogP contribution < -0.4 is 10.6 Å². The molecule has 1 aromatic carbocycles. The summed E-state index contributed by atoms with van der Waals surface area (Å²) in [5, 5.41) is 4.89. The summed E-state index contributed by atoms with van der Waals surface area (Å²) < 4.78 is 51.5. The Bertz CT molecular complexity index is 665. The maximum absolute atomic E-state index is 13.3. The van der Waals surface area contributed by atoms with Gasteiger partial charge in [-0.05, 0) is 23.6 Å². The summed E-state index contributed by atoms with van der Waals surface area (Å²) in [6.07, 6.45) is -4.87. The SMILES string of the molecule is CC(C)(C)[C@@H]1CNC(=O)[C@H]1C(=O)Nc1ccc(F)c(C(F)(F)F)c1. The number of hydrogen-bond donors (Lipinski definition) is 2. The molecule has 2 atom stereocenters. The highest BCUT2D eigenvalue weighted by Crippen LogP contribution is 2.36. The zero-order valence-corrected chi connectivity index (χ0v) is 13.4. The summed E-state index contributed by atoms with van der Waals surface area (Å²) >= 11 is 0. The average Bonchev–Trinajstić information content (AvgIpc) is 2.81. The van der Waals surface area contributed by atoms with Crippen LogP contribution in [0.3, 0.4) is 0 Å². The van der Waals surface area contributed by atoms with E-state index in [1.807, 2.05) is 20.8 Å². The first-order chi connectivity index (χ1) is 10.9. The van der Waals surface area contributed by atoms with E-state index in [4.69, 9.17) is 0 Å². The molecule has 1 heterocycles. The number of nitrogens with one attached hydrogen (secondary N) is 2. The largest absolute Gasteiger partial charge is 0.419 e. The van der Waals surface area contributed by atoms with E-state index in [9.17, 15) is 27.2 Å². The monoisotopic (exact) mass is 346 g/mol. The zero-order chi connectivity index (χ0) is 18.3. The van der Waals surface area contributed by atoms with Gasteiger partial charge < -0.3 is 10.6 Å². The highest BCUT2D eigenvalue weighted by Gasteiger charge is 2.45. The summed E-state index contributed by atoms with van der Waals surface area (Å²) in [7, 11) is 0. The first kappa shape index (κ1) is 18.2. The van der Waals surface area contributed by atoms with Crippen LogP contribution in [-0.2, 0) is 15.8 Å². The summed E-state index contributed by atoms with van der Waals surface area (Å²) in [5.74, 6) is -3.90. The first-order valence-electron chi connectivity index (χ1n) is 7.36. The molecule has 0 bridgehead atoms. The number of benzene rings is 1. The van der Waals surface area contributed by atoms with Gasteiger partial charge >= 0.3 is 6.18 Å². The topological polar surface area (TPSA) is 58.2 Å². The van der Waals surface area contributed by atoms with Crippen LogP contribution in [0.15, 0.2) is 18.2 Å². The molecule has 8 heteroatoms. The maximum atomic E-state index is 13.3. The van der Waals surface area contributed by atoms with Gasteiger partial charge in [0.2, 0.25) is 11.8 Å². The normalized spacial score (nSPS) is 21.5. The Labute approximate surface area is 136 Å². The van der Waals surface area contributed by atoms with Crippen LogP contribution in [0.1, 0.15) is 26.3 Å². The molecule has 1 fully saturated rings. The van der Waals surface area contributed by atoms with Crippen molar-refractivity contribution in [3.05, 3.63) is 29.6 Å². The van der Waals surface area contributed by atoms with Crippen LogP contribution in [0.4, 0.5) is 23.2 Å². The Morgan fingerprint density at radius 2 is 1.88 bits per heavy atom. The lowest BCUT2D eigenvalue weighted by atomic mass is 9.74. The van der Waals surface area contributed by atoms with Crippen LogP contribution >= 0.6 is 0 Å². The molecule has 2 rings (SSSR count). The molecule has 2 amide bonds. The standard InChI is InChI=1S/C16H18F4N2O2/c1-15(2,3)10-7-21-13(23)12(10)14(24)22-8-4-5-11(17)9(6-8)16(18,19)20/h4-6,10,12H,7H2,1-3H3,(H,21,23)(H,22,24)/t10-,12+/m1/s1. The lowest BCUT2D eigenvalue weighted by molar-refractivity contribution is -0.140. The van der Waals surface area contributed by atoms with Crippen LogP contribution in [0.25, 0.3) is 0 Å². The minimum Gasteiger partial charge on any atom is -0.355 e. The molecule has 4 nitrogen and oxygen atoms in total. The van der Waals surface area contributed by atoms with Crippen molar-refractivity contribution >= 4 is 17.5 Å². The quantitative estimate of drug-likeness (QED) is 0.638. The Morgan fingerprint density at radius 3 is 2.42 bits per heavy atom. The third kappa shape index (κ3) is 3.68. The van der Waals surface area contributed by atoms with E-state index in [0.717, 1.165) is 6.07 Å². The van der Waals surface area contributed by atoms with Gasteiger partial charge in [-0.3, -0.25) is 9.59 Å². The van der Waals surface area contributed by atoms with Crippen LogP contribution in [0, 0.1) is 23.1 Å². The van der Waals surface area contributed by atoms with Gasteiger partial charge in [0.15, 0.2) is 0 Å². The van der Waals surface area contributed by atoms with Gasteiger partial charge in [-0.2, -0.15) is 13.2 Å². The zero-order valence-electron chi connectivity index (χ0n) is 13.4. The summed E-state index contributed by atoms with van der Waals surface area (Å²) in [6.45, 7) is 5.94. The molecular formula is C16H18F4N2O2. The van der Waals surface area contributed by atoms with Crippen molar-refractivity contribution in [3.8, 4) is 0 Å². The lowest BCUT2D eigenvalue weighted by Gasteiger charge is -2.29. The smallest absolute Gasteiger partial charge is 0.355 e. The number of carbonyl (C=O) groups is 2. The number of alkyl halides is 3. The van der Waals surface area contributed by atoms with Gasteiger partial charge in [-0.1, -0.05) is 20.8 Å². The first-order valence-corrected chi connectivity index (χ1v) is 7.36. The van der Waals surface area contributed by atoms with Crippen molar-refractivity contribution in [3.63, 3.8) is 0 Å². The minimum absolute atomic E-state index is 0.207. The van der Waals surface area contributed by atoms with E-state index < -0.39 is 35.3 Å². The number of hydrogen-bond acceptors (Lipinski definition) is 2. The second-order valence-electron chi connectivity index (χ2n) is 6.88. The van der Waals surface area contributed by atoms with Gasteiger partial charge in [0, 0.05) is 18.2 Å². The van der Waals surface area contributed by atoms with Gasteiger partial charge in [-0.15, -0.1) is 0 Å². The highest BCUT2D eigenvalue weighted by molar-refractivity contribution is 6.08. The van der Waals surface area contributed by atoms with E-state index in [-0.39, 0.29) is 17.0 Å². The van der Waals surface area contributed by atoms with E-state index in [2.05, 4.69) is 10.6 Å². The molecule has 0 radical (unpaired) electrons. The van der Waals surface area contributed by atoms with Crippen molar-refractivity contribution in [2.75, 3.05) is 11.9 Å². The second kappa shape index (κ2) is 6.07. The fourth-order valence-corrected chi connectivity index (χ4v) is 2.77. The fourth-order valence-electron chi connectivity index (χ4n) is 2.77. The number of halogens is 4. The maximum Gasteiger partial charge on any atom is 0.419 e. The lowest BCUT2D eigenvalue weighted by Crippen LogP contribution is -2.37. The molecule has 1 aromatic rings. The molecule has 0 aliphatic carbocycles. The van der Waals surface area contributed by atoms with E-state index >= 15 is 0 Å². The van der Waals surface area contributed by atoms with E-state index in [0.29, 0.717) is 18.7 Å². The molecule has 0 aromatic heterocycles. The van der Waals surface area contributed by atoms with Crippen molar-refractivity contribution in [1.29, 1.82) is 0 Å². The molecule has 0 unspecified atom stereocenters. The average molecular weight is 346 g/mol. The Hall–Kier alpha value is -2.12. The summed E-state index contributed by atoms with van der Waals surface area (Å²) in [6, 6.07) is 2.18. The third-order valence-corrected chi connectivity index (χ3v) is 4.12. The summed E-state index contributed by atoms with van der Waals surface area (Å²) in [5.41, 5.74) is -2.02. The van der Waals surface area contributed by atoms with Crippen molar-refractivity contribution < 1.29 is 27.2 Å². The molecule has 2 N–H and O–H groups in total.